The molecule has 3 aromatic carbocycles. The molecule has 0 radical (unpaired) electrons. The number of ether oxygens (including phenoxy) is 1. The first kappa shape index (κ1) is 23.6. The fourth-order valence-corrected chi connectivity index (χ4v) is 4.43. The molecule has 0 spiro atoms. The molecule has 1 heterocycles. The van der Waals surface area contributed by atoms with Crippen molar-refractivity contribution in [1.29, 1.82) is 0 Å². The first-order valence-corrected chi connectivity index (χ1v) is 11.9. The molecule has 0 fully saturated rings. The molecule has 4 aromatic rings. The number of nitrogens with zero attached hydrogens (tertiary/aromatic N) is 2. The van der Waals surface area contributed by atoms with Gasteiger partial charge in [0.05, 0.1) is 23.7 Å². The van der Waals surface area contributed by atoms with E-state index in [1.807, 2.05) is 63.2 Å². The highest BCUT2D eigenvalue weighted by Gasteiger charge is 2.20. The van der Waals surface area contributed by atoms with Crippen molar-refractivity contribution >= 4 is 16.9 Å². The van der Waals surface area contributed by atoms with Crippen LogP contribution in [-0.4, -0.2) is 22.1 Å². The number of aromatic nitrogens is 2. The fraction of sp³-hybridized carbons (Fsp3) is 0.310. The van der Waals surface area contributed by atoms with Crippen LogP contribution in [0.4, 0.5) is 0 Å². The van der Waals surface area contributed by atoms with Gasteiger partial charge in [-0.3, -0.25) is 4.79 Å². The average Bonchev–Trinajstić information content (AvgIpc) is 3.16. The van der Waals surface area contributed by atoms with Crippen molar-refractivity contribution in [3.8, 4) is 5.75 Å². The molecule has 1 amide bonds. The molecule has 5 nitrogen and oxygen atoms in total. The summed E-state index contributed by atoms with van der Waals surface area (Å²) in [5.74, 6) is 1.70. The lowest BCUT2D eigenvalue weighted by Crippen LogP contribution is -2.29. The van der Waals surface area contributed by atoms with E-state index >= 15 is 0 Å². The summed E-state index contributed by atoms with van der Waals surface area (Å²) < 4.78 is 8.25. The van der Waals surface area contributed by atoms with Crippen LogP contribution in [0, 0.1) is 27.7 Å². The fourth-order valence-electron chi connectivity index (χ4n) is 4.43. The number of rotatable bonds is 8. The van der Waals surface area contributed by atoms with E-state index < -0.39 is 0 Å². The van der Waals surface area contributed by atoms with Crippen molar-refractivity contribution in [1.82, 2.24) is 14.9 Å². The van der Waals surface area contributed by atoms with Crippen molar-refractivity contribution in [2.24, 2.45) is 0 Å². The van der Waals surface area contributed by atoms with Gasteiger partial charge < -0.3 is 14.6 Å². The number of hydrogen-bond acceptors (Lipinski definition) is 3. The summed E-state index contributed by atoms with van der Waals surface area (Å²) in [5, 5.41) is 3.15. The Morgan fingerprint density at radius 2 is 1.68 bits per heavy atom. The predicted octanol–water partition coefficient (Wildman–Crippen LogP) is 6.23. The molecule has 0 saturated heterocycles. The lowest BCUT2D eigenvalue weighted by Gasteiger charge is -2.17. The van der Waals surface area contributed by atoms with E-state index in [4.69, 9.17) is 9.72 Å². The van der Waals surface area contributed by atoms with Gasteiger partial charge in [0.2, 0.25) is 0 Å². The molecule has 1 aromatic heterocycles. The average molecular weight is 456 g/mol. The number of nitrogens with one attached hydrogen (secondary N) is 1. The van der Waals surface area contributed by atoms with Crippen LogP contribution in [0.25, 0.3) is 11.0 Å². The molecule has 4 rings (SSSR count). The highest BCUT2D eigenvalue weighted by molar-refractivity contribution is 5.96. The minimum atomic E-state index is -0.235. The first-order valence-electron chi connectivity index (χ1n) is 11.9. The number of carbonyl (C=O) groups is 1. The number of imidazole rings is 1. The zero-order valence-electron chi connectivity index (χ0n) is 20.7. The van der Waals surface area contributed by atoms with Crippen LogP contribution in [0.5, 0.6) is 5.75 Å². The van der Waals surface area contributed by atoms with Crippen LogP contribution in [-0.2, 0) is 6.54 Å². The van der Waals surface area contributed by atoms with E-state index in [1.165, 1.54) is 5.56 Å². The molecule has 1 atom stereocenters. The summed E-state index contributed by atoms with van der Waals surface area (Å²) in [6.07, 6.45) is 0.832. The number of carbonyl (C=O) groups excluding carboxylic acids is 1. The smallest absolute Gasteiger partial charge is 0.252 e. The van der Waals surface area contributed by atoms with E-state index in [-0.39, 0.29) is 11.9 Å². The van der Waals surface area contributed by atoms with Crippen molar-refractivity contribution in [3.05, 3.63) is 94.3 Å². The Morgan fingerprint density at radius 1 is 0.971 bits per heavy atom. The van der Waals surface area contributed by atoms with Gasteiger partial charge in [0, 0.05) is 12.1 Å². The van der Waals surface area contributed by atoms with Gasteiger partial charge in [-0.25, -0.2) is 4.98 Å². The molecular formula is C29H33N3O2. The molecule has 0 aliphatic rings. The van der Waals surface area contributed by atoms with E-state index in [0.29, 0.717) is 12.2 Å². The maximum atomic E-state index is 13.0. The molecule has 0 bridgehead atoms. The third-order valence-corrected chi connectivity index (χ3v) is 6.16. The van der Waals surface area contributed by atoms with Crippen LogP contribution in [0.2, 0.25) is 0 Å². The van der Waals surface area contributed by atoms with Gasteiger partial charge in [0.25, 0.3) is 5.91 Å². The Kier molecular flexibility index (Phi) is 7.01. The van der Waals surface area contributed by atoms with Crippen molar-refractivity contribution in [2.75, 3.05) is 6.61 Å². The molecule has 5 heteroatoms. The van der Waals surface area contributed by atoms with E-state index in [9.17, 15) is 4.79 Å². The number of benzene rings is 3. The molecule has 176 valence electrons. The maximum absolute atomic E-state index is 13.0. The summed E-state index contributed by atoms with van der Waals surface area (Å²) in [4.78, 5) is 17.9. The normalized spacial score (nSPS) is 12.0. The van der Waals surface area contributed by atoms with Gasteiger partial charge in [0.1, 0.15) is 11.6 Å². The number of aryl methyl sites for hydroxylation is 5. The Morgan fingerprint density at radius 3 is 2.41 bits per heavy atom. The molecule has 1 unspecified atom stereocenters. The quantitative estimate of drug-likeness (QED) is 0.320. The van der Waals surface area contributed by atoms with Gasteiger partial charge in [-0.15, -0.1) is 0 Å². The van der Waals surface area contributed by atoms with Gasteiger partial charge in [-0.1, -0.05) is 47.5 Å². The van der Waals surface area contributed by atoms with Crippen LogP contribution in [0.15, 0.2) is 60.7 Å². The Balaban J connectivity index is 1.49. The van der Waals surface area contributed by atoms with Crippen LogP contribution in [0.3, 0.4) is 0 Å². The van der Waals surface area contributed by atoms with Gasteiger partial charge in [-0.05, 0) is 76.4 Å². The Bertz CT molecular complexity index is 1320. The SMILES string of the molecule is Cc1ccc(OCCCn2c(C(C)NC(=O)c3ccc(C)cc3C)nc3ccccc32)c(C)c1. The summed E-state index contributed by atoms with van der Waals surface area (Å²) in [6.45, 7) is 11.5. The minimum absolute atomic E-state index is 0.0817. The molecule has 0 saturated carbocycles. The first-order chi connectivity index (χ1) is 16.3. The van der Waals surface area contributed by atoms with Gasteiger partial charge >= 0.3 is 0 Å². The van der Waals surface area contributed by atoms with Crippen molar-refractivity contribution < 1.29 is 9.53 Å². The third kappa shape index (κ3) is 5.14. The summed E-state index contributed by atoms with van der Waals surface area (Å²) in [6, 6.07) is 20.0. The van der Waals surface area contributed by atoms with Crippen LogP contribution in [0.1, 0.15) is 57.8 Å². The maximum Gasteiger partial charge on any atom is 0.252 e. The second-order valence-corrected chi connectivity index (χ2v) is 9.09. The summed E-state index contributed by atoms with van der Waals surface area (Å²) in [7, 11) is 0. The zero-order valence-corrected chi connectivity index (χ0v) is 20.7. The Labute approximate surface area is 201 Å². The lowest BCUT2D eigenvalue weighted by atomic mass is 10.0. The monoisotopic (exact) mass is 455 g/mol. The highest BCUT2D eigenvalue weighted by atomic mass is 16.5. The molecule has 0 aliphatic heterocycles. The predicted molar refractivity (Wildman–Crippen MR) is 138 cm³/mol. The highest BCUT2D eigenvalue weighted by Crippen LogP contribution is 2.23. The van der Waals surface area contributed by atoms with Gasteiger partial charge in [0.15, 0.2) is 0 Å². The topological polar surface area (TPSA) is 56.1 Å². The van der Waals surface area contributed by atoms with E-state index in [0.717, 1.165) is 52.3 Å². The number of fused-ring (bicyclic) bond motifs is 1. The summed E-state index contributed by atoms with van der Waals surface area (Å²) >= 11 is 0. The van der Waals surface area contributed by atoms with Crippen LogP contribution < -0.4 is 10.1 Å². The van der Waals surface area contributed by atoms with E-state index in [2.05, 4.69) is 41.9 Å². The largest absolute Gasteiger partial charge is 0.493 e. The number of para-hydroxylation sites is 2. The van der Waals surface area contributed by atoms with Gasteiger partial charge in [-0.2, -0.15) is 0 Å². The second kappa shape index (κ2) is 10.1. The molecular weight excluding hydrogens is 422 g/mol. The van der Waals surface area contributed by atoms with Crippen molar-refractivity contribution in [2.45, 2.75) is 53.6 Å². The lowest BCUT2D eigenvalue weighted by molar-refractivity contribution is 0.0937. The third-order valence-electron chi connectivity index (χ3n) is 6.16. The number of hydrogen-bond donors (Lipinski definition) is 1. The molecule has 34 heavy (non-hydrogen) atoms. The molecule has 0 aliphatic carbocycles. The second-order valence-electron chi connectivity index (χ2n) is 9.09. The Hall–Kier alpha value is -3.60. The van der Waals surface area contributed by atoms with Crippen molar-refractivity contribution in [3.63, 3.8) is 0 Å². The van der Waals surface area contributed by atoms with Crippen LogP contribution >= 0.6 is 0 Å². The van der Waals surface area contributed by atoms with E-state index in [1.54, 1.807) is 0 Å². The standard InChI is InChI=1S/C29H33N3O2/c1-19-11-13-24(21(3)17-19)29(33)30-23(5)28-31-25-9-6-7-10-26(25)32(28)15-8-16-34-27-14-12-20(2)18-22(27)4/h6-7,9-14,17-18,23H,8,15-16H2,1-5H3,(H,30,33). The number of amides is 1. The summed E-state index contributed by atoms with van der Waals surface area (Å²) in [5.41, 5.74) is 7.19. The minimum Gasteiger partial charge on any atom is -0.493 e. The zero-order chi connectivity index (χ0) is 24.2. The molecule has 1 N–H and O–H groups in total.